The molecule has 15 heavy (non-hydrogen) atoms. The Bertz CT molecular complexity index is 318. The van der Waals surface area contributed by atoms with Crippen LogP contribution in [-0.2, 0) is 9.47 Å². The third kappa shape index (κ3) is 3.92. The Morgan fingerprint density at radius 3 is 2.60 bits per heavy atom. The predicted octanol–water partition coefficient (Wildman–Crippen LogP) is 2.46. The molecule has 0 heterocycles. The lowest BCUT2D eigenvalue weighted by Crippen LogP contribution is -2.23. The first kappa shape index (κ1) is 12.7. The lowest BCUT2D eigenvalue weighted by atomic mass is 10.3. The van der Waals surface area contributed by atoms with Crippen molar-refractivity contribution in [2.45, 2.75) is 6.29 Å². The second kappa shape index (κ2) is 6.24. The molecule has 1 rings (SSSR count). The van der Waals surface area contributed by atoms with Crippen LogP contribution in [0.15, 0.2) is 18.2 Å². The van der Waals surface area contributed by atoms with Crippen LogP contribution in [0.25, 0.3) is 0 Å². The van der Waals surface area contributed by atoms with Crippen molar-refractivity contribution in [1.82, 2.24) is 0 Å². The van der Waals surface area contributed by atoms with Crippen molar-refractivity contribution in [1.29, 1.82) is 0 Å². The van der Waals surface area contributed by atoms with Gasteiger partial charge in [-0.15, -0.1) is 0 Å². The third-order valence-electron chi connectivity index (χ3n) is 1.92. The number of anilines is 1. The van der Waals surface area contributed by atoms with Crippen LogP contribution >= 0.6 is 22.6 Å². The Labute approximate surface area is 102 Å². The van der Waals surface area contributed by atoms with Gasteiger partial charge in [0.1, 0.15) is 5.82 Å². The highest BCUT2D eigenvalue weighted by Gasteiger charge is 2.06. The third-order valence-corrected chi connectivity index (χ3v) is 2.81. The van der Waals surface area contributed by atoms with E-state index in [9.17, 15) is 4.39 Å². The van der Waals surface area contributed by atoms with Crippen LogP contribution in [0.3, 0.4) is 0 Å². The molecule has 84 valence electrons. The molecule has 1 aromatic carbocycles. The summed E-state index contributed by atoms with van der Waals surface area (Å²) in [5, 5.41) is 3.12. The minimum Gasteiger partial charge on any atom is -0.379 e. The van der Waals surface area contributed by atoms with E-state index in [4.69, 9.17) is 9.47 Å². The molecule has 0 amide bonds. The van der Waals surface area contributed by atoms with Crippen molar-refractivity contribution in [3.8, 4) is 0 Å². The summed E-state index contributed by atoms with van der Waals surface area (Å²) >= 11 is 2.07. The summed E-state index contributed by atoms with van der Waals surface area (Å²) in [5.74, 6) is -0.236. The standard InChI is InChI=1S/C10H13FINO2/c1-14-10(15-2)6-13-9-4-3-7(11)5-8(9)12/h3-5,10,13H,6H2,1-2H3. The summed E-state index contributed by atoms with van der Waals surface area (Å²) in [6, 6.07) is 4.58. The van der Waals surface area contributed by atoms with E-state index in [2.05, 4.69) is 27.9 Å². The van der Waals surface area contributed by atoms with Gasteiger partial charge in [-0.3, -0.25) is 0 Å². The minimum absolute atomic E-state index is 0.236. The second-order valence-corrected chi connectivity index (χ2v) is 4.07. The van der Waals surface area contributed by atoms with Crippen molar-refractivity contribution < 1.29 is 13.9 Å². The van der Waals surface area contributed by atoms with Gasteiger partial charge in [0.25, 0.3) is 0 Å². The minimum atomic E-state index is -0.300. The summed E-state index contributed by atoms with van der Waals surface area (Å²) in [6.07, 6.45) is -0.300. The highest BCUT2D eigenvalue weighted by molar-refractivity contribution is 14.1. The SMILES string of the molecule is COC(CNc1ccc(F)cc1I)OC. The maximum Gasteiger partial charge on any atom is 0.173 e. The molecule has 1 aromatic rings. The van der Waals surface area contributed by atoms with Crippen molar-refractivity contribution in [3.05, 3.63) is 27.6 Å². The zero-order chi connectivity index (χ0) is 11.3. The number of hydrogen-bond acceptors (Lipinski definition) is 3. The predicted molar refractivity (Wildman–Crippen MR) is 65.4 cm³/mol. The molecule has 0 saturated carbocycles. The fourth-order valence-corrected chi connectivity index (χ4v) is 1.76. The molecule has 0 saturated heterocycles. The zero-order valence-corrected chi connectivity index (χ0v) is 10.7. The van der Waals surface area contributed by atoms with E-state index >= 15 is 0 Å². The van der Waals surface area contributed by atoms with E-state index in [0.29, 0.717) is 6.54 Å². The summed E-state index contributed by atoms with van der Waals surface area (Å²) in [5.41, 5.74) is 0.871. The van der Waals surface area contributed by atoms with Gasteiger partial charge < -0.3 is 14.8 Å². The topological polar surface area (TPSA) is 30.5 Å². The molecule has 0 radical (unpaired) electrons. The highest BCUT2D eigenvalue weighted by atomic mass is 127. The van der Waals surface area contributed by atoms with Crippen molar-refractivity contribution in [2.24, 2.45) is 0 Å². The van der Waals surface area contributed by atoms with Gasteiger partial charge in [0.05, 0.1) is 6.54 Å². The first-order chi connectivity index (χ1) is 7.17. The van der Waals surface area contributed by atoms with Crippen LogP contribution in [0.2, 0.25) is 0 Å². The largest absolute Gasteiger partial charge is 0.379 e. The number of benzene rings is 1. The maximum absolute atomic E-state index is 12.8. The molecule has 0 aromatic heterocycles. The van der Waals surface area contributed by atoms with E-state index in [0.717, 1.165) is 9.26 Å². The molecule has 0 atom stereocenters. The Hall–Kier alpha value is -0.400. The van der Waals surface area contributed by atoms with E-state index in [1.165, 1.54) is 12.1 Å². The van der Waals surface area contributed by atoms with Crippen LogP contribution < -0.4 is 5.32 Å². The van der Waals surface area contributed by atoms with E-state index < -0.39 is 0 Å². The van der Waals surface area contributed by atoms with Gasteiger partial charge in [-0.25, -0.2) is 4.39 Å². The number of ether oxygens (including phenoxy) is 2. The molecule has 0 aliphatic heterocycles. The Balaban J connectivity index is 2.57. The van der Waals surface area contributed by atoms with Crippen molar-refractivity contribution in [2.75, 3.05) is 26.1 Å². The Morgan fingerprint density at radius 1 is 1.40 bits per heavy atom. The highest BCUT2D eigenvalue weighted by Crippen LogP contribution is 2.18. The molecule has 0 aliphatic rings. The van der Waals surface area contributed by atoms with Crippen LogP contribution in [0, 0.1) is 9.39 Å². The quantitative estimate of drug-likeness (QED) is 0.666. The van der Waals surface area contributed by atoms with Gasteiger partial charge in [0.15, 0.2) is 6.29 Å². The fraction of sp³-hybridized carbons (Fsp3) is 0.400. The molecule has 0 fully saturated rings. The van der Waals surface area contributed by atoms with Gasteiger partial charge in [0.2, 0.25) is 0 Å². The van der Waals surface area contributed by atoms with E-state index in [-0.39, 0.29) is 12.1 Å². The lowest BCUT2D eigenvalue weighted by Gasteiger charge is -2.15. The van der Waals surface area contributed by atoms with Crippen LogP contribution in [0.1, 0.15) is 0 Å². The van der Waals surface area contributed by atoms with Gasteiger partial charge in [-0.1, -0.05) is 0 Å². The average molecular weight is 325 g/mol. The van der Waals surface area contributed by atoms with Gasteiger partial charge in [0, 0.05) is 23.5 Å². The maximum atomic E-state index is 12.8. The molecular weight excluding hydrogens is 312 g/mol. The number of methoxy groups -OCH3 is 2. The lowest BCUT2D eigenvalue weighted by molar-refractivity contribution is -0.0914. The summed E-state index contributed by atoms with van der Waals surface area (Å²) in [7, 11) is 3.15. The summed E-state index contributed by atoms with van der Waals surface area (Å²) in [4.78, 5) is 0. The molecule has 3 nitrogen and oxygen atoms in total. The monoisotopic (exact) mass is 325 g/mol. The molecule has 5 heteroatoms. The second-order valence-electron chi connectivity index (χ2n) is 2.91. The smallest absolute Gasteiger partial charge is 0.173 e. The van der Waals surface area contributed by atoms with Crippen LogP contribution in [-0.4, -0.2) is 27.1 Å². The average Bonchev–Trinajstić information content (AvgIpc) is 2.22. The first-order valence-electron chi connectivity index (χ1n) is 4.42. The first-order valence-corrected chi connectivity index (χ1v) is 5.49. The fourth-order valence-electron chi connectivity index (χ4n) is 1.09. The number of hydrogen-bond donors (Lipinski definition) is 1. The molecule has 1 N–H and O–H groups in total. The summed E-state index contributed by atoms with van der Waals surface area (Å²) in [6.45, 7) is 0.522. The Morgan fingerprint density at radius 2 is 2.07 bits per heavy atom. The van der Waals surface area contributed by atoms with Crippen LogP contribution in [0.5, 0.6) is 0 Å². The normalized spacial score (nSPS) is 10.7. The van der Waals surface area contributed by atoms with Crippen molar-refractivity contribution >= 4 is 28.3 Å². The van der Waals surface area contributed by atoms with E-state index in [1.807, 2.05) is 0 Å². The molecular formula is C10H13FINO2. The molecule has 0 spiro atoms. The van der Waals surface area contributed by atoms with Gasteiger partial charge >= 0.3 is 0 Å². The van der Waals surface area contributed by atoms with Gasteiger partial charge in [-0.2, -0.15) is 0 Å². The summed E-state index contributed by atoms with van der Waals surface area (Å²) < 4.78 is 23.7. The van der Waals surface area contributed by atoms with Crippen molar-refractivity contribution in [3.63, 3.8) is 0 Å². The molecule has 0 bridgehead atoms. The number of halogens is 2. The van der Waals surface area contributed by atoms with Gasteiger partial charge in [-0.05, 0) is 40.8 Å². The molecule has 0 unspecified atom stereocenters. The van der Waals surface area contributed by atoms with Crippen LogP contribution in [0.4, 0.5) is 10.1 Å². The Kier molecular flexibility index (Phi) is 5.27. The molecule has 0 aliphatic carbocycles. The number of rotatable bonds is 5. The van der Waals surface area contributed by atoms with E-state index in [1.54, 1.807) is 20.3 Å². The number of nitrogens with one attached hydrogen (secondary N) is 1. The zero-order valence-electron chi connectivity index (χ0n) is 8.59.